The van der Waals surface area contributed by atoms with E-state index in [1.165, 1.54) is 12.3 Å². The maximum Gasteiger partial charge on any atom is 0.319 e. The highest BCUT2D eigenvalue weighted by Gasteiger charge is 2.20. The number of ether oxygens (including phenoxy) is 2. The van der Waals surface area contributed by atoms with Crippen molar-refractivity contribution in [2.24, 2.45) is 0 Å². The average Bonchev–Trinajstić information content (AvgIpc) is 3.19. The number of carbonyl (C=O) groups is 1. The molecule has 0 aliphatic carbocycles. The van der Waals surface area contributed by atoms with Crippen LogP contribution in [0.25, 0.3) is 11.0 Å². The van der Waals surface area contributed by atoms with E-state index in [1.54, 1.807) is 35.3 Å². The lowest BCUT2D eigenvalue weighted by molar-refractivity contribution is 0.0899. The molecule has 0 unspecified atom stereocenters. The topological polar surface area (TPSA) is 90.3 Å². The number of pyridine rings is 2. The van der Waals surface area contributed by atoms with E-state index in [0.717, 1.165) is 23.7 Å². The molecule has 0 radical (unpaired) electrons. The Morgan fingerprint density at radius 3 is 2.50 bits per heavy atom. The van der Waals surface area contributed by atoms with Gasteiger partial charge in [0.1, 0.15) is 18.1 Å². The van der Waals surface area contributed by atoms with Crippen molar-refractivity contribution in [3.8, 4) is 11.5 Å². The number of amides is 2. The van der Waals surface area contributed by atoms with Crippen LogP contribution in [0.2, 0.25) is 30.7 Å². The van der Waals surface area contributed by atoms with Crippen LogP contribution in [0.15, 0.2) is 55.1 Å². The highest BCUT2D eigenvalue weighted by atomic mass is 35.5. The Bertz CT molecular complexity index is 1410. The van der Waals surface area contributed by atoms with Crippen molar-refractivity contribution in [1.29, 1.82) is 0 Å². The smallest absolute Gasteiger partial charge is 0.319 e. The molecule has 0 aliphatic heterocycles. The average molecular weight is 560 g/mol. The number of hydrogen-bond acceptors (Lipinski definition) is 5. The zero-order valence-electron chi connectivity index (χ0n) is 21.2. The molecule has 0 fully saturated rings. The van der Waals surface area contributed by atoms with E-state index in [0.29, 0.717) is 22.7 Å². The van der Waals surface area contributed by atoms with Gasteiger partial charge in [0.25, 0.3) is 0 Å². The van der Waals surface area contributed by atoms with Crippen LogP contribution in [0.3, 0.4) is 0 Å². The Balaban J connectivity index is 1.46. The first kappa shape index (κ1) is 27.5. The van der Waals surface area contributed by atoms with E-state index in [2.05, 4.69) is 40.2 Å². The van der Waals surface area contributed by atoms with Crippen LogP contribution in [0, 0.1) is 11.6 Å². The summed E-state index contributed by atoms with van der Waals surface area (Å²) in [6.07, 6.45) is 6.30. The zero-order chi connectivity index (χ0) is 27.3. The first-order valence-corrected chi connectivity index (χ1v) is 16.0. The summed E-state index contributed by atoms with van der Waals surface area (Å²) < 4.78 is 42.9. The van der Waals surface area contributed by atoms with Crippen LogP contribution in [0.4, 0.5) is 19.3 Å². The molecule has 0 saturated heterocycles. The van der Waals surface area contributed by atoms with Crippen LogP contribution in [0.5, 0.6) is 11.5 Å². The van der Waals surface area contributed by atoms with Crippen molar-refractivity contribution in [2.45, 2.75) is 39.0 Å². The van der Waals surface area contributed by atoms with Gasteiger partial charge in [-0.2, -0.15) is 0 Å². The number of aromatic nitrogens is 3. The van der Waals surface area contributed by atoms with E-state index >= 15 is 0 Å². The lowest BCUT2D eigenvalue weighted by Gasteiger charge is -2.15. The number of anilines is 1. The zero-order valence-corrected chi connectivity index (χ0v) is 23.0. The van der Waals surface area contributed by atoms with Crippen LogP contribution in [0.1, 0.15) is 5.56 Å². The fraction of sp³-hybridized carbons (Fsp3) is 0.269. The number of rotatable bonds is 10. The van der Waals surface area contributed by atoms with Crippen molar-refractivity contribution in [3.63, 3.8) is 0 Å². The maximum atomic E-state index is 14.9. The van der Waals surface area contributed by atoms with Crippen molar-refractivity contribution >= 4 is 42.4 Å². The largest absolute Gasteiger partial charge is 0.450 e. The summed E-state index contributed by atoms with van der Waals surface area (Å²) in [5.41, 5.74) is 1.22. The van der Waals surface area contributed by atoms with Crippen molar-refractivity contribution < 1.29 is 23.0 Å². The summed E-state index contributed by atoms with van der Waals surface area (Å²) in [6, 6.07) is 7.29. The molecular formula is C26H28ClF2N5O3Si. The molecule has 0 saturated carbocycles. The number of hydrogen-bond donors (Lipinski definition) is 2. The number of halogens is 3. The Labute approximate surface area is 225 Å². The molecule has 0 atom stereocenters. The molecule has 2 amide bonds. The van der Waals surface area contributed by atoms with Gasteiger partial charge in [0.2, 0.25) is 0 Å². The SMILES string of the molecule is C[Si](C)(C)CCOCn1cc(Cl)c2c(Oc3c(F)cc(NC(=O)NCc4ccncc4)cc3F)ccnc21. The summed E-state index contributed by atoms with van der Waals surface area (Å²) in [5, 5.41) is 5.73. The quantitative estimate of drug-likeness (QED) is 0.165. The van der Waals surface area contributed by atoms with Crippen molar-refractivity contribution in [1.82, 2.24) is 19.9 Å². The Kier molecular flexibility index (Phi) is 8.60. The maximum absolute atomic E-state index is 14.9. The number of carbonyl (C=O) groups excluding carboxylic acids is 1. The fourth-order valence-corrected chi connectivity index (χ4v) is 4.61. The van der Waals surface area contributed by atoms with Gasteiger partial charge in [-0.1, -0.05) is 31.2 Å². The Morgan fingerprint density at radius 1 is 1.11 bits per heavy atom. The molecule has 4 rings (SSSR count). The van der Waals surface area contributed by atoms with Gasteiger partial charge in [0.05, 0.1) is 10.4 Å². The van der Waals surface area contributed by atoms with Gasteiger partial charge in [-0.25, -0.2) is 18.6 Å². The predicted molar refractivity (Wildman–Crippen MR) is 145 cm³/mol. The molecule has 12 heteroatoms. The Hall–Kier alpha value is -3.54. The highest BCUT2D eigenvalue weighted by Crippen LogP contribution is 2.37. The predicted octanol–water partition coefficient (Wildman–Crippen LogP) is 6.79. The Morgan fingerprint density at radius 2 is 1.82 bits per heavy atom. The molecule has 3 heterocycles. The second-order valence-electron chi connectivity index (χ2n) is 9.84. The first-order chi connectivity index (χ1) is 18.1. The summed E-state index contributed by atoms with van der Waals surface area (Å²) in [5.74, 6) is -2.49. The minimum absolute atomic E-state index is 0.0703. The number of benzene rings is 1. The molecular weight excluding hydrogens is 532 g/mol. The molecule has 0 bridgehead atoms. The van der Waals surface area contributed by atoms with Gasteiger partial charge >= 0.3 is 6.03 Å². The van der Waals surface area contributed by atoms with E-state index in [4.69, 9.17) is 21.1 Å². The normalized spacial score (nSPS) is 11.5. The number of fused-ring (bicyclic) bond motifs is 1. The van der Waals surface area contributed by atoms with Crippen molar-refractivity contribution in [3.05, 3.63) is 77.3 Å². The van der Waals surface area contributed by atoms with Gasteiger partial charge in [0, 0.05) is 63.8 Å². The minimum atomic E-state index is -1.23. The molecule has 0 spiro atoms. The van der Waals surface area contributed by atoms with E-state index in [9.17, 15) is 13.6 Å². The van der Waals surface area contributed by atoms with E-state index in [-0.39, 0.29) is 24.7 Å². The lowest BCUT2D eigenvalue weighted by atomic mass is 10.2. The molecule has 1 aromatic carbocycles. The third kappa shape index (κ3) is 7.06. The molecule has 0 aliphatic rings. The highest BCUT2D eigenvalue weighted by molar-refractivity contribution is 6.76. The summed E-state index contributed by atoms with van der Waals surface area (Å²) >= 11 is 6.44. The third-order valence-electron chi connectivity index (χ3n) is 5.57. The van der Waals surface area contributed by atoms with E-state index in [1.807, 2.05) is 0 Å². The second kappa shape index (κ2) is 11.9. The molecule has 3 aromatic heterocycles. The molecule has 4 aromatic rings. The van der Waals surface area contributed by atoms with Crippen molar-refractivity contribution in [2.75, 3.05) is 11.9 Å². The molecule has 2 N–H and O–H groups in total. The monoisotopic (exact) mass is 559 g/mol. The summed E-state index contributed by atoms with van der Waals surface area (Å²) in [6.45, 7) is 7.87. The summed E-state index contributed by atoms with van der Waals surface area (Å²) in [7, 11) is -1.23. The van der Waals surface area contributed by atoms with Crippen LogP contribution in [-0.2, 0) is 18.0 Å². The third-order valence-corrected chi connectivity index (χ3v) is 7.56. The van der Waals surface area contributed by atoms with Crippen LogP contribution < -0.4 is 15.4 Å². The lowest BCUT2D eigenvalue weighted by Crippen LogP contribution is -2.28. The number of urea groups is 1. The van der Waals surface area contributed by atoms with Gasteiger partial charge in [-0.3, -0.25) is 4.98 Å². The van der Waals surface area contributed by atoms with Gasteiger partial charge < -0.3 is 24.7 Å². The van der Waals surface area contributed by atoms with Gasteiger partial charge in [-0.15, -0.1) is 0 Å². The fourth-order valence-electron chi connectivity index (χ4n) is 3.56. The number of nitrogens with zero attached hydrogens (tertiary/aromatic N) is 3. The van der Waals surface area contributed by atoms with E-state index < -0.39 is 31.5 Å². The standard InChI is InChI=1S/C26H28ClF2N5O3Si/c1-38(2,3)11-10-36-16-34-15-19(27)23-22(6-9-31-25(23)34)37-24-20(28)12-18(13-21(24)29)33-26(35)32-14-17-4-7-30-8-5-17/h4-9,12-13,15H,10-11,14,16H2,1-3H3,(H2,32,33,35). The molecule has 38 heavy (non-hydrogen) atoms. The number of nitrogens with one attached hydrogen (secondary N) is 2. The van der Waals surface area contributed by atoms with Gasteiger partial charge in [-0.05, 0) is 29.8 Å². The van der Waals surface area contributed by atoms with Crippen LogP contribution >= 0.6 is 11.6 Å². The second-order valence-corrected chi connectivity index (χ2v) is 15.9. The van der Waals surface area contributed by atoms with Crippen LogP contribution in [-0.4, -0.2) is 35.2 Å². The van der Waals surface area contributed by atoms with Gasteiger partial charge in [0.15, 0.2) is 17.4 Å². The molecule has 200 valence electrons. The minimum Gasteiger partial charge on any atom is -0.450 e. The first-order valence-electron chi connectivity index (χ1n) is 11.9. The summed E-state index contributed by atoms with van der Waals surface area (Å²) in [4.78, 5) is 20.4. The molecule has 8 nitrogen and oxygen atoms in total.